The second-order valence-corrected chi connectivity index (χ2v) is 10.4. The Hall–Kier alpha value is -3.74. The van der Waals surface area contributed by atoms with Gasteiger partial charge in [0.2, 0.25) is 15.9 Å². The summed E-state index contributed by atoms with van der Waals surface area (Å²) in [5, 5.41) is 5.85. The van der Waals surface area contributed by atoms with Crippen molar-refractivity contribution in [2.24, 2.45) is 5.14 Å². The van der Waals surface area contributed by atoms with Gasteiger partial charge >= 0.3 is 0 Å². The van der Waals surface area contributed by atoms with Gasteiger partial charge in [-0.15, -0.1) is 0 Å². The lowest BCUT2D eigenvalue weighted by Crippen LogP contribution is -2.16. The molecule has 198 valence electrons. The molecule has 1 saturated heterocycles. The molecule has 1 atom stereocenters. The number of ether oxygens (including phenoxy) is 3. The van der Waals surface area contributed by atoms with Crippen LogP contribution in [0.4, 0.5) is 8.78 Å². The maximum atomic E-state index is 15.3. The second kappa shape index (κ2) is 10.2. The lowest BCUT2D eigenvalue weighted by molar-refractivity contribution is 0.0684. The van der Waals surface area contributed by atoms with E-state index in [2.05, 4.69) is 15.0 Å². The van der Waals surface area contributed by atoms with E-state index >= 15 is 4.39 Å². The van der Waals surface area contributed by atoms with Crippen molar-refractivity contribution in [3.05, 3.63) is 60.2 Å². The molecule has 0 radical (unpaired) electrons. The molecule has 1 aliphatic rings. The highest BCUT2D eigenvalue weighted by molar-refractivity contribution is 7.89. The number of halogens is 2. The SMILES string of the molecule is COc1ncc(-c2cc(OCC3CCCO3)c3ncnc(C)c3c2)cc1-c1c(F)ccc(S(N)(=O)=O)c1F. The van der Waals surface area contributed by atoms with Crippen molar-refractivity contribution >= 4 is 20.9 Å². The predicted molar refractivity (Wildman–Crippen MR) is 135 cm³/mol. The first kappa shape index (κ1) is 25.9. The van der Waals surface area contributed by atoms with Gasteiger partial charge in [-0.25, -0.2) is 37.3 Å². The number of rotatable bonds is 7. The van der Waals surface area contributed by atoms with Crippen LogP contribution in [0.2, 0.25) is 0 Å². The molecule has 0 bridgehead atoms. The molecule has 1 fully saturated rings. The molecule has 12 heteroatoms. The second-order valence-electron chi connectivity index (χ2n) is 8.84. The van der Waals surface area contributed by atoms with Gasteiger partial charge in [-0.05, 0) is 55.7 Å². The van der Waals surface area contributed by atoms with Crippen LogP contribution in [-0.4, -0.2) is 49.8 Å². The fraction of sp³-hybridized carbons (Fsp3) is 0.269. The van der Waals surface area contributed by atoms with E-state index in [1.807, 2.05) is 13.0 Å². The highest BCUT2D eigenvalue weighted by Crippen LogP contribution is 2.39. The average molecular weight is 543 g/mol. The molecular formula is C26H24F2N4O5S. The van der Waals surface area contributed by atoms with Gasteiger partial charge in [0.05, 0.1) is 24.3 Å². The van der Waals surface area contributed by atoms with E-state index in [0.717, 1.165) is 30.4 Å². The first-order valence-corrected chi connectivity index (χ1v) is 13.3. The lowest BCUT2D eigenvalue weighted by Gasteiger charge is -2.16. The molecule has 1 aliphatic heterocycles. The maximum Gasteiger partial charge on any atom is 0.240 e. The number of sulfonamides is 1. The summed E-state index contributed by atoms with van der Waals surface area (Å²) in [5.41, 5.74) is 1.67. The molecule has 9 nitrogen and oxygen atoms in total. The van der Waals surface area contributed by atoms with Gasteiger partial charge in [0.25, 0.3) is 0 Å². The Morgan fingerprint density at radius 3 is 2.66 bits per heavy atom. The molecule has 2 aromatic heterocycles. The third kappa shape index (κ3) is 4.89. The van der Waals surface area contributed by atoms with Crippen molar-refractivity contribution < 1.29 is 31.4 Å². The van der Waals surface area contributed by atoms with Crippen molar-refractivity contribution in [3.63, 3.8) is 0 Å². The minimum absolute atomic E-state index is 0.0250. The topological polar surface area (TPSA) is 127 Å². The quantitative estimate of drug-likeness (QED) is 0.369. The number of benzene rings is 2. The van der Waals surface area contributed by atoms with Gasteiger partial charge in [0.1, 0.15) is 34.9 Å². The Kier molecular flexibility index (Phi) is 6.95. The van der Waals surface area contributed by atoms with Crippen molar-refractivity contribution in [3.8, 4) is 33.9 Å². The summed E-state index contributed by atoms with van der Waals surface area (Å²) in [4.78, 5) is 12.1. The number of primary sulfonamides is 1. The number of aromatic nitrogens is 3. The molecule has 2 aromatic carbocycles. The van der Waals surface area contributed by atoms with Crippen LogP contribution in [0.15, 0.2) is 47.8 Å². The van der Waals surface area contributed by atoms with Gasteiger partial charge in [-0.3, -0.25) is 0 Å². The van der Waals surface area contributed by atoms with E-state index in [1.54, 1.807) is 6.07 Å². The van der Waals surface area contributed by atoms with Crippen LogP contribution < -0.4 is 14.6 Å². The lowest BCUT2D eigenvalue weighted by atomic mass is 9.99. The molecule has 0 saturated carbocycles. The number of fused-ring (bicyclic) bond motifs is 1. The van der Waals surface area contributed by atoms with Crippen LogP contribution in [0, 0.1) is 18.6 Å². The molecule has 3 heterocycles. The number of aryl methyl sites for hydroxylation is 1. The third-order valence-corrected chi connectivity index (χ3v) is 7.29. The fourth-order valence-electron chi connectivity index (χ4n) is 4.45. The van der Waals surface area contributed by atoms with Gasteiger partial charge in [-0.2, -0.15) is 0 Å². The Bertz CT molecular complexity index is 1640. The fourth-order valence-corrected chi connectivity index (χ4v) is 5.06. The monoisotopic (exact) mass is 542 g/mol. The standard InChI is InChI=1S/C26H24F2N4O5S/c1-14-18-8-15(10-21(25(18)32-13-31-14)37-12-17-4-3-7-36-17)16-9-19(26(35-2)30-11-16)23-20(27)5-6-22(24(23)28)38(29,33)34/h5-6,8-11,13,17H,3-4,7,12H2,1-2H3,(H2,29,33,34). The summed E-state index contributed by atoms with van der Waals surface area (Å²) in [5.74, 6) is -1.96. The van der Waals surface area contributed by atoms with E-state index < -0.39 is 32.1 Å². The van der Waals surface area contributed by atoms with Crippen molar-refractivity contribution in [1.82, 2.24) is 15.0 Å². The Balaban J connectivity index is 1.67. The molecule has 5 rings (SSSR count). The minimum atomic E-state index is -4.45. The van der Waals surface area contributed by atoms with E-state index in [0.29, 0.717) is 41.3 Å². The summed E-state index contributed by atoms with van der Waals surface area (Å²) in [6, 6.07) is 6.65. The van der Waals surface area contributed by atoms with Crippen LogP contribution in [-0.2, 0) is 14.8 Å². The molecule has 4 aromatic rings. The normalized spacial score (nSPS) is 15.7. The molecule has 0 aliphatic carbocycles. The van der Waals surface area contributed by atoms with E-state index in [1.165, 1.54) is 25.7 Å². The Morgan fingerprint density at radius 1 is 1.13 bits per heavy atom. The van der Waals surface area contributed by atoms with Gasteiger partial charge in [-0.1, -0.05) is 0 Å². The smallest absolute Gasteiger partial charge is 0.240 e. The van der Waals surface area contributed by atoms with Crippen LogP contribution in [0.5, 0.6) is 11.6 Å². The maximum absolute atomic E-state index is 15.3. The van der Waals surface area contributed by atoms with Gasteiger partial charge in [0, 0.05) is 29.4 Å². The molecule has 0 amide bonds. The summed E-state index contributed by atoms with van der Waals surface area (Å²) < 4.78 is 71.0. The summed E-state index contributed by atoms with van der Waals surface area (Å²) in [7, 11) is -3.16. The summed E-state index contributed by atoms with van der Waals surface area (Å²) >= 11 is 0. The average Bonchev–Trinajstić information content (AvgIpc) is 3.40. The van der Waals surface area contributed by atoms with Crippen LogP contribution in [0.3, 0.4) is 0 Å². The molecular weight excluding hydrogens is 518 g/mol. The van der Waals surface area contributed by atoms with Crippen molar-refractivity contribution in [2.45, 2.75) is 30.8 Å². The van der Waals surface area contributed by atoms with Crippen molar-refractivity contribution in [2.75, 3.05) is 20.3 Å². The van der Waals surface area contributed by atoms with Crippen molar-refractivity contribution in [1.29, 1.82) is 0 Å². The van der Waals surface area contributed by atoms with E-state index in [4.69, 9.17) is 19.3 Å². The molecule has 1 unspecified atom stereocenters. The summed E-state index contributed by atoms with van der Waals surface area (Å²) in [6.45, 7) is 2.86. The third-order valence-electron chi connectivity index (χ3n) is 6.36. The van der Waals surface area contributed by atoms with Crippen LogP contribution in [0.1, 0.15) is 18.5 Å². The minimum Gasteiger partial charge on any atom is -0.489 e. The zero-order valence-electron chi connectivity index (χ0n) is 20.6. The first-order chi connectivity index (χ1) is 18.2. The highest BCUT2D eigenvalue weighted by atomic mass is 32.2. The zero-order chi connectivity index (χ0) is 27.0. The zero-order valence-corrected chi connectivity index (χ0v) is 21.4. The van der Waals surface area contributed by atoms with Crippen LogP contribution in [0.25, 0.3) is 33.2 Å². The Labute approximate surface area is 217 Å². The molecule has 38 heavy (non-hydrogen) atoms. The largest absolute Gasteiger partial charge is 0.489 e. The van der Waals surface area contributed by atoms with Gasteiger partial charge < -0.3 is 14.2 Å². The number of nitrogens with zero attached hydrogens (tertiary/aromatic N) is 3. The number of hydrogen-bond donors (Lipinski definition) is 1. The first-order valence-electron chi connectivity index (χ1n) is 11.7. The highest BCUT2D eigenvalue weighted by Gasteiger charge is 2.25. The van der Waals surface area contributed by atoms with Gasteiger partial charge in [0.15, 0.2) is 5.82 Å². The number of hydrogen-bond acceptors (Lipinski definition) is 8. The van der Waals surface area contributed by atoms with E-state index in [-0.39, 0.29) is 17.5 Å². The number of methoxy groups -OCH3 is 1. The number of pyridine rings is 1. The predicted octanol–water partition coefficient (Wildman–Crippen LogP) is 4.16. The summed E-state index contributed by atoms with van der Waals surface area (Å²) in [6.07, 6.45) is 4.77. The van der Waals surface area contributed by atoms with E-state index in [9.17, 15) is 12.8 Å². The van der Waals surface area contributed by atoms with Crippen LogP contribution >= 0.6 is 0 Å². The molecule has 2 N–H and O–H groups in total. The molecule has 0 spiro atoms. The number of nitrogens with two attached hydrogens (primary N) is 1. The Morgan fingerprint density at radius 2 is 1.95 bits per heavy atom.